The normalized spacial score (nSPS) is 16.2. The van der Waals surface area contributed by atoms with Crippen molar-refractivity contribution < 1.29 is 14.6 Å². The van der Waals surface area contributed by atoms with Crippen molar-refractivity contribution in [3.05, 3.63) is 39.8 Å². The van der Waals surface area contributed by atoms with E-state index in [2.05, 4.69) is 33.3 Å². The number of aliphatic hydroxyl groups excluding tert-OH is 1. The van der Waals surface area contributed by atoms with Gasteiger partial charge >= 0.3 is 0 Å². The molecule has 0 amide bonds. The van der Waals surface area contributed by atoms with Gasteiger partial charge in [-0.25, -0.2) is 4.98 Å². The minimum Gasteiger partial charge on any atom is -0.493 e. The largest absolute Gasteiger partial charge is 0.493 e. The Morgan fingerprint density at radius 1 is 1.21 bits per heavy atom. The molecule has 1 aromatic heterocycles. The number of methoxy groups -OCH3 is 1. The fourth-order valence-electron chi connectivity index (χ4n) is 3.74. The Labute approximate surface area is 178 Å². The second kappa shape index (κ2) is 10.9. The van der Waals surface area contributed by atoms with Gasteiger partial charge in [-0.2, -0.15) is 0 Å². The molecule has 1 aliphatic rings. The van der Waals surface area contributed by atoms with Crippen LogP contribution in [0.3, 0.4) is 0 Å². The molecule has 1 fully saturated rings. The van der Waals surface area contributed by atoms with E-state index in [9.17, 15) is 5.11 Å². The second-order valence-corrected chi connectivity index (χ2v) is 8.90. The van der Waals surface area contributed by atoms with Crippen molar-refractivity contribution in [1.29, 1.82) is 0 Å². The number of likely N-dealkylation sites (tertiary alicyclic amines) is 1. The molecular weight excluding hydrogens is 386 g/mol. The average molecular weight is 420 g/mol. The molecule has 1 aliphatic heterocycles. The number of nitrogens with zero attached hydrogens (tertiary/aromatic N) is 3. The van der Waals surface area contributed by atoms with E-state index in [-0.39, 0.29) is 6.61 Å². The van der Waals surface area contributed by atoms with Crippen molar-refractivity contribution >= 4 is 11.3 Å². The summed E-state index contributed by atoms with van der Waals surface area (Å²) in [5, 5.41) is 13.6. The molecule has 1 aromatic carbocycles. The number of hydrogen-bond acceptors (Lipinski definition) is 7. The quantitative estimate of drug-likeness (QED) is 0.638. The maximum absolute atomic E-state index is 10.4. The summed E-state index contributed by atoms with van der Waals surface area (Å²) in [6.07, 6.45) is 3.23. The van der Waals surface area contributed by atoms with Gasteiger partial charge in [0.05, 0.1) is 17.8 Å². The van der Waals surface area contributed by atoms with Crippen LogP contribution in [0.1, 0.15) is 35.5 Å². The summed E-state index contributed by atoms with van der Waals surface area (Å²) in [4.78, 5) is 9.08. The Balaban J connectivity index is 1.54. The molecule has 1 saturated heterocycles. The van der Waals surface area contributed by atoms with E-state index in [1.165, 1.54) is 19.3 Å². The molecule has 7 heteroatoms. The highest BCUT2D eigenvalue weighted by molar-refractivity contribution is 7.09. The molecular formula is C22H33N3O3S. The van der Waals surface area contributed by atoms with Crippen molar-refractivity contribution in [2.45, 2.75) is 45.4 Å². The first-order valence-electron chi connectivity index (χ1n) is 10.3. The molecule has 29 heavy (non-hydrogen) atoms. The molecule has 2 heterocycles. The Morgan fingerprint density at radius 2 is 2.00 bits per heavy atom. The fourth-order valence-corrected chi connectivity index (χ4v) is 4.34. The highest BCUT2D eigenvalue weighted by atomic mass is 32.1. The number of β-amino-alcohol motifs (C(OH)–C–C–N with tert-alkyl or cyclic N) is 1. The first-order chi connectivity index (χ1) is 14.0. The molecule has 0 saturated carbocycles. The summed E-state index contributed by atoms with van der Waals surface area (Å²) in [5.74, 6) is 1.37. The molecule has 3 rings (SSSR count). The SMILES string of the molecule is COc1ccc(CN(C)Cc2csc(C)n2)cc1OC[C@H](O)CN1CCCCC1. The Bertz CT molecular complexity index is 762. The van der Waals surface area contributed by atoms with Crippen molar-refractivity contribution in [2.75, 3.05) is 40.4 Å². The molecule has 0 spiro atoms. The number of piperidine rings is 1. The predicted octanol–water partition coefficient (Wildman–Crippen LogP) is 3.32. The first-order valence-corrected chi connectivity index (χ1v) is 11.2. The van der Waals surface area contributed by atoms with Crippen molar-refractivity contribution in [3.63, 3.8) is 0 Å². The van der Waals surface area contributed by atoms with Gasteiger partial charge in [0, 0.05) is 25.0 Å². The van der Waals surface area contributed by atoms with E-state index < -0.39 is 6.10 Å². The predicted molar refractivity (Wildman–Crippen MR) is 117 cm³/mol. The summed E-state index contributed by atoms with van der Waals surface area (Å²) in [6.45, 7) is 6.69. The number of rotatable bonds is 10. The molecule has 0 aliphatic carbocycles. The van der Waals surface area contributed by atoms with Crippen LogP contribution in [0.15, 0.2) is 23.6 Å². The van der Waals surface area contributed by atoms with Crippen LogP contribution in [0.4, 0.5) is 0 Å². The molecule has 6 nitrogen and oxygen atoms in total. The Kier molecular flexibility index (Phi) is 8.29. The molecule has 160 valence electrons. The first kappa shape index (κ1) is 22.0. The molecule has 1 atom stereocenters. The number of thiazole rings is 1. The van der Waals surface area contributed by atoms with Gasteiger partial charge in [-0.15, -0.1) is 11.3 Å². The van der Waals surface area contributed by atoms with E-state index in [1.807, 2.05) is 19.1 Å². The Morgan fingerprint density at radius 3 is 2.69 bits per heavy atom. The van der Waals surface area contributed by atoms with Crippen molar-refractivity contribution in [2.24, 2.45) is 0 Å². The van der Waals surface area contributed by atoms with Gasteiger partial charge < -0.3 is 19.5 Å². The van der Waals surface area contributed by atoms with Gasteiger partial charge in [0.2, 0.25) is 0 Å². The van der Waals surface area contributed by atoms with E-state index in [4.69, 9.17) is 9.47 Å². The standard InChI is InChI=1S/C22H33N3O3S/c1-17-23-19(16-29-17)13-24(2)12-18-7-8-21(27-3)22(11-18)28-15-20(26)14-25-9-5-4-6-10-25/h7-8,11,16,20,26H,4-6,9-10,12-15H2,1-3H3/t20-/m1/s1. The third-order valence-corrected chi connectivity index (χ3v) is 5.95. The summed E-state index contributed by atoms with van der Waals surface area (Å²) in [7, 11) is 3.73. The summed E-state index contributed by atoms with van der Waals surface area (Å²) >= 11 is 1.68. The van der Waals surface area contributed by atoms with Crippen molar-refractivity contribution in [3.8, 4) is 11.5 Å². The molecule has 0 bridgehead atoms. The lowest BCUT2D eigenvalue weighted by molar-refractivity contribution is 0.0608. The van der Waals surface area contributed by atoms with Crippen LogP contribution in [-0.2, 0) is 13.1 Å². The summed E-state index contributed by atoms with van der Waals surface area (Å²) < 4.78 is 11.4. The lowest BCUT2D eigenvalue weighted by Crippen LogP contribution is -2.38. The maximum atomic E-state index is 10.4. The van der Waals surface area contributed by atoms with Crippen LogP contribution in [0, 0.1) is 6.92 Å². The van der Waals surface area contributed by atoms with Crippen LogP contribution < -0.4 is 9.47 Å². The minimum absolute atomic E-state index is 0.268. The van der Waals surface area contributed by atoms with Crippen LogP contribution in [-0.4, -0.2) is 66.4 Å². The fraction of sp³-hybridized carbons (Fsp3) is 0.591. The number of benzene rings is 1. The number of aromatic nitrogens is 1. The van der Waals surface area contributed by atoms with Crippen molar-refractivity contribution in [1.82, 2.24) is 14.8 Å². The number of aryl methyl sites for hydroxylation is 1. The number of ether oxygens (including phenoxy) is 2. The van der Waals surface area contributed by atoms with Crippen LogP contribution in [0.2, 0.25) is 0 Å². The summed E-state index contributed by atoms with van der Waals surface area (Å²) in [6, 6.07) is 6.00. The van der Waals surface area contributed by atoms with E-state index in [0.717, 1.165) is 42.4 Å². The zero-order valence-electron chi connectivity index (χ0n) is 17.8. The smallest absolute Gasteiger partial charge is 0.161 e. The second-order valence-electron chi connectivity index (χ2n) is 7.84. The zero-order chi connectivity index (χ0) is 20.6. The number of hydrogen-bond donors (Lipinski definition) is 1. The average Bonchev–Trinajstić information content (AvgIpc) is 3.11. The van der Waals surface area contributed by atoms with Crippen LogP contribution >= 0.6 is 11.3 Å². The molecule has 1 N–H and O–H groups in total. The minimum atomic E-state index is -0.503. The lowest BCUT2D eigenvalue weighted by Gasteiger charge is -2.28. The summed E-state index contributed by atoms with van der Waals surface area (Å²) in [5.41, 5.74) is 2.24. The Hall–Kier alpha value is -1.67. The van der Waals surface area contributed by atoms with E-state index >= 15 is 0 Å². The van der Waals surface area contributed by atoms with Gasteiger partial charge in [-0.3, -0.25) is 4.90 Å². The monoisotopic (exact) mass is 419 g/mol. The molecule has 2 aromatic rings. The van der Waals surface area contributed by atoms with Crippen LogP contribution in [0.25, 0.3) is 0 Å². The lowest BCUT2D eigenvalue weighted by atomic mass is 10.1. The number of aliphatic hydroxyl groups is 1. The molecule has 0 unspecified atom stereocenters. The van der Waals surface area contributed by atoms with Gasteiger partial charge in [0.15, 0.2) is 11.5 Å². The topological polar surface area (TPSA) is 58.1 Å². The van der Waals surface area contributed by atoms with Crippen LogP contribution in [0.5, 0.6) is 11.5 Å². The van der Waals surface area contributed by atoms with E-state index in [1.54, 1.807) is 18.4 Å². The van der Waals surface area contributed by atoms with E-state index in [0.29, 0.717) is 18.0 Å². The van der Waals surface area contributed by atoms with Gasteiger partial charge in [-0.05, 0) is 57.6 Å². The third-order valence-electron chi connectivity index (χ3n) is 5.13. The van der Waals surface area contributed by atoms with Gasteiger partial charge in [0.25, 0.3) is 0 Å². The highest BCUT2D eigenvalue weighted by Gasteiger charge is 2.16. The van der Waals surface area contributed by atoms with Gasteiger partial charge in [0.1, 0.15) is 12.7 Å². The maximum Gasteiger partial charge on any atom is 0.161 e. The zero-order valence-corrected chi connectivity index (χ0v) is 18.6. The third kappa shape index (κ3) is 6.96. The highest BCUT2D eigenvalue weighted by Crippen LogP contribution is 2.29. The van der Waals surface area contributed by atoms with Gasteiger partial charge in [-0.1, -0.05) is 12.5 Å². The molecule has 0 radical (unpaired) electrons.